The summed E-state index contributed by atoms with van der Waals surface area (Å²) in [5.41, 5.74) is 1.22. The van der Waals surface area contributed by atoms with Gasteiger partial charge in [-0.1, -0.05) is 23.7 Å². The van der Waals surface area contributed by atoms with Crippen LogP contribution in [0.4, 0.5) is 21.2 Å². The van der Waals surface area contributed by atoms with Crippen molar-refractivity contribution >= 4 is 35.3 Å². The number of urea groups is 2. The quantitative estimate of drug-likeness (QED) is 0.272. The molecule has 4 aromatic rings. The summed E-state index contributed by atoms with van der Waals surface area (Å²) in [6.45, 7) is 4.24. The van der Waals surface area contributed by atoms with Crippen LogP contribution in [-0.4, -0.2) is 79.8 Å². The minimum Gasteiger partial charge on any atom is -0.490 e. The number of carbonyl (C=O) groups excluding carboxylic acids is 2. The van der Waals surface area contributed by atoms with Gasteiger partial charge in [0.15, 0.2) is 11.6 Å². The summed E-state index contributed by atoms with van der Waals surface area (Å²) in [7, 11) is 1.53. The Bertz CT molecular complexity index is 1950. The summed E-state index contributed by atoms with van der Waals surface area (Å²) in [5, 5.41) is 14.7. The van der Waals surface area contributed by atoms with Crippen molar-refractivity contribution in [2.24, 2.45) is 7.05 Å². The first kappa shape index (κ1) is 34.5. The number of hydrogen-bond donors (Lipinski definition) is 2. The maximum absolute atomic E-state index is 13.0. The Morgan fingerprint density at radius 1 is 0.760 bits per heavy atom. The first-order chi connectivity index (χ1) is 24.1. The lowest BCUT2D eigenvalue weighted by atomic mass is 10.1. The zero-order chi connectivity index (χ0) is 35.2. The van der Waals surface area contributed by atoms with Crippen LogP contribution < -0.4 is 31.2 Å². The normalized spacial score (nSPS) is 15.4. The molecule has 0 radical (unpaired) electrons. The van der Waals surface area contributed by atoms with E-state index in [0.717, 1.165) is 22.6 Å². The highest BCUT2D eigenvalue weighted by atomic mass is 35.5. The van der Waals surface area contributed by atoms with E-state index in [2.05, 4.69) is 20.8 Å². The molecule has 4 amide bonds. The molecule has 0 atom stereocenters. The number of anilines is 2. The van der Waals surface area contributed by atoms with Crippen LogP contribution in [0.1, 0.15) is 36.8 Å². The first-order valence-corrected chi connectivity index (χ1v) is 16.9. The van der Waals surface area contributed by atoms with Crippen LogP contribution in [0, 0.1) is 6.92 Å². The number of nitrogens with zero attached hydrogens (tertiary/aromatic N) is 6. The number of likely N-dealkylation sites (tertiary alicyclic amines) is 2. The number of aromatic nitrogens is 4. The monoisotopic (exact) mass is 702 g/mol. The van der Waals surface area contributed by atoms with Crippen LogP contribution in [0.25, 0.3) is 0 Å². The number of piperidine rings is 2. The van der Waals surface area contributed by atoms with E-state index in [1.807, 2.05) is 37.3 Å². The maximum atomic E-state index is 13.0. The van der Waals surface area contributed by atoms with E-state index in [1.54, 1.807) is 21.9 Å². The summed E-state index contributed by atoms with van der Waals surface area (Å²) in [5.74, 6) is 2.08. The van der Waals surface area contributed by atoms with Gasteiger partial charge in [0.05, 0.1) is 6.54 Å². The molecular weight excluding hydrogens is 664 g/mol. The number of rotatable bonds is 8. The smallest absolute Gasteiger partial charge is 0.323 e. The molecule has 0 spiro atoms. The fraction of sp³-hybridized carbons (Fsp3) is 0.371. The van der Waals surface area contributed by atoms with E-state index in [-0.39, 0.29) is 47.8 Å². The average molecular weight is 703 g/mol. The Labute approximate surface area is 293 Å². The third-order valence-electron chi connectivity index (χ3n) is 8.74. The number of carbonyl (C=O) groups is 2. The Kier molecular flexibility index (Phi) is 10.7. The fourth-order valence-electron chi connectivity index (χ4n) is 5.93. The van der Waals surface area contributed by atoms with E-state index in [0.29, 0.717) is 62.7 Å². The molecule has 2 saturated heterocycles. The zero-order valence-corrected chi connectivity index (χ0v) is 28.6. The molecule has 2 N–H and O–H groups in total. The van der Waals surface area contributed by atoms with E-state index >= 15 is 0 Å². The molecule has 0 aliphatic carbocycles. The molecular formula is C35H39ClN8O6. The number of benzene rings is 2. The van der Waals surface area contributed by atoms with Gasteiger partial charge < -0.3 is 19.3 Å². The predicted molar refractivity (Wildman–Crippen MR) is 188 cm³/mol. The van der Waals surface area contributed by atoms with Crippen molar-refractivity contribution in [3.8, 4) is 11.5 Å². The summed E-state index contributed by atoms with van der Waals surface area (Å²) >= 11 is 5.95. The average Bonchev–Trinajstić information content (AvgIpc) is 3.10. The van der Waals surface area contributed by atoms with Crippen molar-refractivity contribution in [1.29, 1.82) is 0 Å². The van der Waals surface area contributed by atoms with Gasteiger partial charge in [-0.25, -0.2) is 19.0 Å². The Morgan fingerprint density at radius 3 is 1.90 bits per heavy atom. The van der Waals surface area contributed by atoms with Crippen molar-refractivity contribution in [3.05, 3.63) is 104 Å². The zero-order valence-electron chi connectivity index (χ0n) is 27.9. The third kappa shape index (κ3) is 8.80. The van der Waals surface area contributed by atoms with Crippen LogP contribution >= 0.6 is 11.6 Å². The van der Waals surface area contributed by atoms with Gasteiger partial charge >= 0.3 is 12.1 Å². The van der Waals surface area contributed by atoms with Crippen LogP contribution in [0.2, 0.25) is 5.02 Å². The standard InChI is InChI=1S/C35H39ClN8O6/c1-23-21-24(3-8-29(23)50-28-15-19-43(20-16-28)34(47)37-30-9-11-32(45)41(2)39-30)22-44-33(46)12-10-31(40-44)38-35(48)42-17-13-27(14-18-42)49-26-6-4-25(36)5-7-26/h3-12,21,27-28H,13-20,22H2,1-2H3,(H,37,39,47)(H,38,40,48). The Hall–Kier alpha value is -5.37. The molecule has 50 heavy (non-hydrogen) atoms. The van der Waals surface area contributed by atoms with E-state index < -0.39 is 0 Å². The van der Waals surface area contributed by atoms with Crippen LogP contribution in [0.5, 0.6) is 11.5 Å². The molecule has 6 rings (SSSR count). The number of hydrogen-bond acceptors (Lipinski definition) is 8. The molecule has 262 valence electrons. The first-order valence-electron chi connectivity index (χ1n) is 16.5. The van der Waals surface area contributed by atoms with Gasteiger partial charge in [0.25, 0.3) is 11.1 Å². The van der Waals surface area contributed by atoms with Gasteiger partial charge in [-0.05, 0) is 60.5 Å². The third-order valence-corrected chi connectivity index (χ3v) is 8.99. The molecule has 2 fully saturated rings. The van der Waals surface area contributed by atoms with Crippen LogP contribution in [0.3, 0.4) is 0 Å². The highest BCUT2D eigenvalue weighted by Gasteiger charge is 2.26. The number of aryl methyl sites for hydroxylation is 2. The topological polar surface area (TPSA) is 153 Å². The molecule has 0 saturated carbocycles. The minimum atomic E-state index is -0.288. The lowest BCUT2D eigenvalue weighted by Crippen LogP contribution is -2.44. The van der Waals surface area contributed by atoms with Crippen molar-refractivity contribution in [2.75, 3.05) is 36.8 Å². The second kappa shape index (κ2) is 15.5. The SMILES string of the molecule is Cc1cc(Cn2nc(NC(=O)N3CCC(Oc4ccc(Cl)cc4)CC3)ccc2=O)ccc1OC1CCN(C(=O)Nc2ccc(=O)n(C)n2)CC1. The molecule has 0 bridgehead atoms. The molecule has 2 aromatic heterocycles. The number of halogens is 1. The number of ether oxygens (including phenoxy) is 2. The highest BCUT2D eigenvalue weighted by Crippen LogP contribution is 2.25. The molecule has 2 aliphatic heterocycles. The Morgan fingerprint density at radius 2 is 1.32 bits per heavy atom. The number of amides is 4. The van der Waals surface area contributed by atoms with Crippen LogP contribution in [-0.2, 0) is 13.6 Å². The second-order valence-corrected chi connectivity index (χ2v) is 12.9. The summed E-state index contributed by atoms with van der Waals surface area (Å²) in [4.78, 5) is 53.3. The van der Waals surface area contributed by atoms with Gasteiger partial charge in [0, 0.05) is 76.1 Å². The van der Waals surface area contributed by atoms with Gasteiger partial charge in [-0.15, -0.1) is 0 Å². The largest absolute Gasteiger partial charge is 0.490 e. The molecule has 2 aliphatic rings. The van der Waals surface area contributed by atoms with Crippen molar-refractivity contribution < 1.29 is 19.1 Å². The summed E-state index contributed by atoms with van der Waals surface area (Å²) in [6.07, 6.45) is 2.63. The van der Waals surface area contributed by atoms with Gasteiger partial charge in [0.1, 0.15) is 23.7 Å². The van der Waals surface area contributed by atoms with Crippen molar-refractivity contribution in [1.82, 2.24) is 29.4 Å². The molecule has 2 aromatic carbocycles. The van der Waals surface area contributed by atoms with Gasteiger partial charge in [-0.2, -0.15) is 10.2 Å². The molecule has 14 nitrogen and oxygen atoms in total. The van der Waals surface area contributed by atoms with Gasteiger partial charge in [0.2, 0.25) is 0 Å². The van der Waals surface area contributed by atoms with Crippen molar-refractivity contribution in [2.45, 2.75) is 51.4 Å². The summed E-state index contributed by atoms with van der Waals surface area (Å²) in [6, 6.07) is 18.1. The summed E-state index contributed by atoms with van der Waals surface area (Å²) < 4.78 is 14.8. The van der Waals surface area contributed by atoms with E-state index in [1.165, 1.54) is 40.7 Å². The second-order valence-electron chi connectivity index (χ2n) is 12.4. The Balaban J connectivity index is 0.976. The lowest BCUT2D eigenvalue weighted by molar-refractivity contribution is 0.114. The molecule has 15 heteroatoms. The predicted octanol–water partition coefficient (Wildman–Crippen LogP) is 4.50. The highest BCUT2D eigenvalue weighted by molar-refractivity contribution is 6.30. The minimum absolute atomic E-state index is 0.00486. The maximum Gasteiger partial charge on any atom is 0.323 e. The number of nitrogens with one attached hydrogen (secondary N) is 2. The molecule has 4 heterocycles. The van der Waals surface area contributed by atoms with Gasteiger partial charge in [-0.3, -0.25) is 20.2 Å². The van der Waals surface area contributed by atoms with E-state index in [9.17, 15) is 19.2 Å². The van der Waals surface area contributed by atoms with Crippen molar-refractivity contribution in [3.63, 3.8) is 0 Å². The van der Waals surface area contributed by atoms with Crippen LogP contribution in [0.15, 0.2) is 76.3 Å². The molecule has 0 unspecified atom stereocenters. The lowest BCUT2D eigenvalue weighted by Gasteiger charge is -2.32. The van der Waals surface area contributed by atoms with E-state index in [4.69, 9.17) is 21.1 Å². The fourth-order valence-corrected chi connectivity index (χ4v) is 6.05.